The van der Waals surface area contributed by atoms with Gasteiger partial charge in [-0.1, -0.05) is 80.9 Å². The molecule has 6 heteroatoms. The highest BCUT2D eigenvalue weighted by Crippen LogP contribution is 2.56. The molecule has 1 N–H and O–H groups in total. The quantitative estimate of drug-likeness (QED) is 0.416. The molecule has 38 heavy (non-hydrogen) atoms. The first-order chi connectivity index (χ1) is 17.6. The molecule has 0 bridgehead atoms. The number of aromatic nitrogens is 1. The summed E-state index contributed by atoms with van der Waals surface area (Å²) in [5, 5.41) is 11.3. The zero-order valence-electron chi connectivity index (χ0n) is 24.6. The predicted octanol–water partition coefficient (Wildman–Crippen LogP) is 9.42. The number of alkyl halides is 3. The lowest BCUT2D eigenvalue weighted by atomic mass is 9.70. The number of halogens is 3. The predicted molar refractivity (Wildman–Crippen MR) is 147 cm³/mol. The van der Waals surface area contributed by atoms with E-state index in [1.54, 1.807) is 0 Å². The monoisotopic (exact) mass is 533 g/mol. The van der Waals surface area contributed by atoms with Crippen LogP contribution in [0.2, 0.25) is 0 Å². The second-order valence-corrected chi connectivity index (χ2v) is 12.5. The third-order valence-corrected chi connectivity index (χ3v) is 8.21. The summed E-state index contributed by atoms with van der Waals surface area (Å²) >= 11 is 0. The molecule has 0 amide bonds. The number of fused-ring (bicyclic) bond motifs is 3. The summed E-state index contributed by atoms with van der Waals surface area (Å²) in [5.74, 6) is 0.992. The van der Waals surface area contributed by atoms with Gasteiger partial charge in [-0.3, -0.25) is 4.98 Å². The zero-order chi connectivity index (χ0) is 28.6. The molecule has 2 heterocycles. The summed E-state index contributed by atoms with van der Waals surface area (Å²) in [6, 6.07) is 5.27. The van der Waals surface area contributed by atoms with Gasteiger partial charge in [-0.2, -0.15) is 13.2 Å². The van der Waals surface area contributed by atoms with E-state index in [9.17, 15) is 18.3 Å². The second-order valence-electron chi connectivity index (χ2n) is 12.5. The highest BCUT2D eigenvalue weighted by molar-refractivity contribution is 5.54. The van der Waals surface area contributed by atoms with Crippen molar-refractivity contribution >= 4 is 0 Å². The van der Waals surface area contributed by atoms with Crippen molar-refractivity contribution in [2.24, 2.45) is 11.3 Å². The average Bonchev–Trinajstić information content (AvgIpc) is 3.18. The number of hydrogen-bond donors (Lipinski definition) is 1. The van der Waals surface area contributed by atoms with Crippen molar-refractivity contribution in [1.82, 2.24) is 4.98 Å². The van der Waals surface area contributed by atoms with Gasteiger partial charge in [0.2, 0.25) is 0 Å². The Morgan fingerprint density at radius 3 is 2.00 bits per heavy atom. The molecule has 0 radical (unpaired) electrons. The summed E-state index contributed by atoms with van der Waals surface area (Å²) in [4.78, 5) is 5.08. The molecule has 0 saturated carbocycles. The Kier molecular flexibility index (Phi) is 9.10. The maximum Gasteiger partial charge on any atom is 0.416 e. The van der Waals surface area contributed by atoms with Crippen LogP contribution in [0.15, 0.2) is 24.3 Å². The van der Waals surface area contributed by atoms with E-state index in [2.05, 4.69) is 62.3 Å². The molecule has 2 unspecified atom stereocenters. The summed E-state index contributed by atoms with van der Waals surface area (Å²) in [7, 11) is 0. The van der Waals surface area contributed by atoms with E-state index >= 15 is 0 Å². The minimum absolute atomic E-state index is 0.0602. The van der Waals surface area contributed by atoms with E-state index in [4.69, 9.17) is 9.72 Å². The molecule has 2 aliphatic rings. The Labute approximate surface area is 227 Å². The molecule has 1 aromatic heterocycles. The summed E-state index contributed by atoms with van der Waals surface area (Å²) in [5.41, 5.74) is 4.03. The fourth-order valence-electron chi connectivity index (χ4n) is 5.72. The fourth-order valence-corrected chi connectivity index (χ4v) is 5.72. The number of pyridine rings is 1. The first-order valence-corrected chi connectivity index (χ1v) is 14.2. The molecule has 0 fully saturated rings. The van der Waals surface area contributed by atoms with Crippen LogP contribution < -0.4 is 0 Å². The molecular formula is C32H46F3NO2. The molecule has 0 spiro atoms. The number of benzene rings is 1. The second kappa shape index (κ2) is 11.3. The van der Waals surface area contributed by atoms with Crippen LogP contribution in [0.5, 0.6) is 0 Å². The first kappa shape index (κ1) is 30.6. The van der Waals surface area contributed by atoms with Gasteiger partial charge in [-0.15, -0.1) is 0 Å². The standard InChI is InChI=1S/C27H34F3NO2.C5H12/c1-7-26(8-2)22-20-18(13-25(5,6)14-19(20)32)31-23(15(3)4)21(22)24(33-26)16-9-11-17(12-10-16)27(28,29)30;1-4-5(2)3/h9-12,15,19,24,32H,7-8,13-14H2,1-6H3;5H,4H2,1-3H3. The van der Waals surface area contributed by atoms with Gasteiger partial charge in [0.05, 0.1) is 17.3 Å². The SMILES string of the molecule is CCC(C)C.CCC1(CC)OC(c2ccc(C(F)(F)F)cc2)c2c(C(C)C)nc3c(c21)C(O)CC(C)(C)C3. The number of hydrogen-bond acceptors (Lipinski definition) is 3. The van der Waals surface area contributed by atoms with Crippen LogP contribution in [0.3, 0.4) is 0 Å². The molecule has 4 rings (SSSR count). The van der Waals surface area contributed by atoms with E-state index < -0.39 is 29.5 Å². The van der Waals surface area contributed by atoms with Crippen LogP contribution in [0, 0.1) is 11.3 Å². The van der Waals surface area contributed by atoms with Crippen molar-refractivity contribution in [1.29, 1.82) is 0 Å². The first-order valence-electron chi connectivity index (χ1n) is 14.2. The van der Waals surface area contributed by atoms with Crippen LogP contribution in [0.4, 0.5) is 13.2 Å². The van der Waals surface area contributed by atoms with Gasteiger partial charge < -0.3 is 9.84 Å². The van der Waals surface area contributed by atoms with E-state index in [1.807, 2.05) is 0 Å². The third kappa shape index (κ3) is 5.96. The fraction of sp³-hybridized carbons (Fsp3) is 0.656. The van der Waals surface area contributed by atoms with Gasteiger partial charge in [0.25, 0.3) is 0 Å². The Bertz CT molecular complexity index is 1100. The van der Waals surface area contributed by atoms with Crippen LogP contribution in [0.1, 0.15) is 145 Å². The van der Waals surface area contributed by atoms with Gasteiger partial charge in [0, 0.05) is 22.5 Å². The number of rotatable bonds is 5. The van der Waals surface area contributed by atoms with Crippen molar-refractivity contribution in [2.75, 3.05) is 0 Å². The molecule has 1 aromatic carbocycles. The van der Waals surface area contributed by atoms with Crippen LogP contribution >= 0.6 is 0 Å². The maximum absolute atomic E-state index is 13.2. The number of aliphatic hydroxyl groups excluding tert-OH is 1. The number of nitrogens with zero attached hydrogens (tertiary/aromatic N) is 1. The Morgan fingerprint density at radius 1 is 1.00 bits per heavy atom. The largest absolute Gasteiger partial charge is 0.416 e. The molecule has 1 aliphatic carbocycles. The van der Waals surface area contributed by atoms with Gasteiger partial charge >= 0.3 is 6.18 Å². The van der Waals surface area contributed by atoms with Crippen molar-refractivity contribution in [2.45, 2.75) is 124 Å². The normalized spacial score (nSPS) is 21.7. The van der Waals surface area contributed by atoms with Gasteiger partial charge in [0.15, 0.2) is 0 Å². The molecule has 2 atom stereocenters. The summed E-state index contributed by atoms with van der Waals surface area (Å²) < 4.78 is 46.2. The molecule has 0 saturated heterocycles. The van der Waals surface area contributed by atoms with Gasteiger partial charge in [-0.25, -0.2) is 0 Å². The third-order valence-electron chi connectivity index (χ3n) is 8.21. The Balaban J connectivity index is 0.000000732. The van der Waals surface area contributed by atoms with E-state index in [0.29, 0.717) is 24.8 Å². The lowest BCUT2D eigenvalue weighted by Gasteiger charge is -2.38. The molecule has 2 aromatic rings. The van der Waals surface area contributed by atoms with E-state index in [-0.39, 0.29) is 11.3 Å². The number of aliphatic hydroxyl groups is 1. The van der Waals surface area contributed by atoms with Crippen molar-refractivity contribution in [3.05, 3.63) is 63.5 Å². The minimum atomic E-state index is -4.38. The molecule has 212 valence electrons. The summed E-state index contributed by atoms with van der Waals surface area (Å²) in [6.45, 7) is 19.3. The summed E-state index contributed by atoms with van der Waals surface area (Å²) in [6.07, 6.45) is -1.40. The topological polar surface area (TPSA) is 42.4 Å². The van der Waals surface area contributed by atoms with Crippen LogP contribution in [0.25, 0.3) is 0 Å². The molecule has 1 aliphatic heterocycles. The maximum atomic E-state index is 13.2. The molecule has 3 nitrogen and oxygen atoms in total. The smallest absolute Gasteiger partial charge is 0.388 e. The van der Waals surface area contributed by atoms with E-state index in [0.717, 1.165) is 52.5 Å². The van der Waals surface area contributed by atoms with Crippen molar-refractivity contribution < 1.29 is 23.0 Å². The molecular weight excluding hydrogens is 487 g/mol. The van der Waals surface area contributed by atoms with Gasteiger partial charge in [0.1, 0.15) is 6.10 Å². The minimum Gasteiger partial charge on any atom is -0.388 e. The number of ether oxygens (including phenoxy) is 1. The van der Waals surface area contributed by atoms with Crippen LogP contribution in [-0.2, 0) is 22.9 Å². The highest BCUT2D eigenvalue weighted by atomic mass is 19.4. The average molecular weight is 534 g/mol. The van der Waals surface area contributed by atoms with Gasteiger partial charge in [-0.05, 0) is 66.2 Å². The Hall–Kier alpha value is -1.92. The lowest BCUT2D eigenvalue weighted by Crippen LogP contribution is -2.32. The Morgan fingerprint density at radius 2 is 1.55 bits per heavy atom. The highest BCUT2D eigenvalue weighted by Gasteiger charge is 2.50. The zero-order valence-corrected chi connectivity index (χ0v) is 24.6. The van der Waals surface area contributed by atoms with Crippen molar-refractivity contribution in [3.8, 4) is 0 Å². The van der Waals surface area contributed by atoms with Crippen molar-refractivity contribution in [3.63, 3.8) is 0 Å². The lowest BCUT2D eigenvalue weighted by molar-refractivity contribution is -0.137. The van der Waals surface area contributed by atoms with E-state index in [1.165, 1.54) is 18.6 Å². The van der Waals surface area contributed by atoms with Crippen LogP contribution in [-0.4, -0.2) is 10.1 Å².